The van der Waals surface area contributed by atoms with E-state index in [0.29, 0.717) is 6.54 Å². The van der Waals surface area contributed by atoms with Gasteiger partial charge in [0, 0.05) is 18.8 Å². The molecule has 1 N–H and O–H groups in total. The summed E-state index contributed by atoms with van der Waals surface area (Å²) in [6.45, 7) is 4.07. The Hall–Kier alpha value is -0.870. The lowest BCUT2D eigenvalue weighted by atomic mass is 9.98. The molecule has 2 rings (SSSR count). The van der Waals surface area contributed by atoms with Crippen LogP contribution >= 0.6 is 0 Å². The van der Waals surface area contributed by atoms with Crippen molar-refractivity contribution in [1.82, 2.24) is 5.32 Å². The highest BCUT2D eigenvalue weighted by molar-refractivity contribution is 7.92. The predicted octanol–water partition coefficient (Wildman–Crippen LogP) is 2.87. The van der Waals surface area contributed by atoms with Crippen molar-refractivity contribution in [3.8, 4) is 0 Å². The van der Waals surface area contributed by atoms with Crippen molar-refractivity contribution in [3.63, 3.8) is 0 Å². The number of fused-ring (bicyclic) bond motifs is 1. The zero-order chi connectivity index (χ0) is 14.8. The second kappa shape index (κ2) is 5.86. The first-order chi connectivity index (χ1) is 9.31. The molecule has 4 heteroatoms. The molecule has 0 amide bonds. The normalized spacial score (nSPS) is 20.2. The monoisotopic (exact) mass is 295 g/mol. The van der Waals surface area contributed by atoms with Crippen LogP contribution in [-0.4, -0.2) is 26.0 Å². The zero-order valence-electron chi connectivity index (χ0n) is 12.6. The van der Waals surface area contributed by atoms with Gasteiger partial charge >= 0.3 is 0 Å². The SMILES string of the molecule is CC(C)(CNC1CCCCc2ccccc21)S(C)(=O)=O. The second-order valence-corrected chi connectivity index (χ2v) is 9.06. The maximum atomic E-state index is 11.8. The molecule has 0 bridgehead atoms. The van der Waals surface area contributed by atoms with Gasteiger partial charge in [-0.2, -0.15) is 0 Å². The van der Waals surface area contributed by atoms with Gasteiger partial charge in [-0.15, -0.1) is 0 Å². The fraction of sp³-hybridized carbons (Fsp3) is 0.625. The van der Waals surface area contributed by atoms with Crippen molar-refractivity contribution in [3.05, 3.63) is 35.4 Å². The Morgan fingerprint density at radius 2 is 1.95 bits per heavy atom. The molecule has 1 aliphatic rings. The molecule has 3 nitrogen and oxygen atoms in total. The molecule has 0 spiro atoms. The molecule has 0 heterocycles. The Balaban J connectivity index is 2.14. The first-order valence-electron chi connectivity index (χ1n) is 7.32. The summed E-state index contributed by atoms with van der Waals surface area (Å²) in [5, 5.41) is 3.49. The summed E-state index contributed by atoms with van der Waals surface area (Å²) >= 11 is 0. The van der Waals surface area contributed by atoms with Crippen LogP contribution in [0.5, 0.6) is 0 Å². The van der Waals surface area contributed by atoms with E-state index in [0.717, 1.165) is 12.8 Å². The fourth-order valence-electron chi connectivity index (χ4n) is 2.63. The van der Waals surface area contributed by atoms with Crippen LogP contribution in [0.2, 0.25) is 0 Å². The number of sulfone groups is 1. The molecular formula is C16H25NO2S. The summed E-state index contributed by atoms with van der Waals surface area (Å²) in [7, 11) is -3.05. The number of rotatable bonds is 4. The van der Waals surface area contributed by atoms with E-state index in [-0.39, 0.29) is 6.04 Å². The minimum Gasteiger partial charge on any atom is -0.308 e. The molecule has 0 saturated heterocycles. The molecule has 0 saturated carbocycles. The van der Waals surface area contributed by atoms with E-state index in [1.54, 1.807) is 13.8 Å². The number of aryl methyl sites for hydroxylation is 1. The van der Waals surface area contributed by atoms with Gasteiger partial charge in [0.25, 0.3) is 0 Å². The van der Waals surface area contributed by atoms with Gasteiger partial charge in [-0.25, -0.2) is 8.42 Å². The Labute approximate surface area is 122 Å². The van der Waals surface area contributed by atoms with Crippen molar-refractivity contribution in [2.24, 2.45) is 0 Å². The molecule has 0 aliphatic heterocycles. The standard InChI is InChI=1S/C16H25NO2S/c1-16(2,20(3,18)19)12-17-15-11-7-5-9-13-8-4-6-10-14(13)15/h4,6,8,10,15,17H,5,7,9,11-12H2,1-3H3. The molecule has 1 unspecified atom stereocenters. The summed E-state index contributed by atoms with van der Waals surface area (Å²) < 4.78 is 22.9. The summed E-state index contributed by atoms with van der Waals surface area (Å²) in [5.41, 5.74) is 2.74. The molecule has 0 aromatic heterocycles. The van der Waals surface area contributed by atoms with Gasteiger partial charge in [-0.05, 0) is 44.2 Å². The molecule has 0 fully saturated rings. The fourth-order valence-corrected chi connectivity index (χ4v) is 2.98. The summed E-state index contributed by atoms with van der Waals surface area (Å²) in [6.07, 6.45) is 5.92. The molecule has 20 heavy (non-hydrogen) atoms. The van der Waals surface area contributed by atoms with Crippen LogP contribution in [0.25, 0.3) is 0 Å². The highest BCUT2D eigenvalue weighted by atomic mass is 32.2. The van der Waals surface area contributed by atoms with Crippen LogP contribution in [0, 0.1) is 0 Å². The summed E-state index contributed by atoms with van der Waals surface area (Å²) in [4.78, 5) is 0. The molecule has 1 atom stereocenters. The maximum absolute atomic E-state index is 11.8. The largest absolute Gasteiger partial charge is 0.308 e. The topological polar surface area (TPSA) is 46.2 Å². The van der Waals surface area contributed by atoms with Gasteiger partial charge in [0.05, 0.1) is 4.75 Å². The zero-order valence-corrected chi connectivity index (χ0v) is 13.5. The highest BCUT2D eigenvalue weighted by Gasteiger charge is 2.31. The van der Waals surface area contributed by atoms with Crippen LogP contribution in [0.15, 0.2) is 24.3 Å². The van der Waals surface area contributed by atoms with Crippen molar-refractivity contribution in [2.75, 3.05) is 12.8 Å². The second-order valence-electron chi connectivity index (χ2n) is 6.41. The van der Waals surface area contributed by atoms with Gasteiger partial charge in [0.2, 0.25) is 0 Å². The molecular weight excluding hydrogens is 270 g/mol. The minimum absolute atomic E-state index is 0.273. The smallest absolute Gasteiger partial charge is 0.153 e. The average Bonchev–Trinajstić information content (AvgIpc) is 2.57. The van der Waals surface area contributed by atoms with E-state index in [1.807, 2.05) is 0 Å². The average molecular weight is 295 g/mol. The van der Waals surface area contributed by atoms with Gasteiger partial charge in [0.15, 0.2) is 9.84 Å². The third-order valence-corrected chi connectivity index (χ3v) is 6.55. The van der Waals surface area contributed by atoms with E-state index < -0.39 is 14.6 Å². The summed E-state index contributed by atoms with van der Waals surface area (Å²) in [5.74, 6) is 0. The van der Waals surface area contributed by atoms with E-state index in [9.17, 15) is 8.42 Å². The highest BCUT2D eigenvalue weighted by Crippen LogP contribution is 2.29. The van der Waals surface area contributed by atoms with Gasteiger partial charge < -0.3 is 5.32 Å². The van der Waals surface area contributed by atoms with Crippen molar-refractivity contribution in [2.45, 2.75) is 50.3 Å². The van der Waals surface area contributed by atoms with Crippen LogP contribution in [0.3, 0.4) is 0 Å². The van der Waals surface area contributed by atoms with Crippen LogP contribution in [-0.2, 0) is 16.3 Å². The Bertz CT molecular complexity index is 564. The molecule has 1 aliphatic carbocycles. The van der Waals surface area contributed by atoms with E-state index in [4.69, 9.17) is 0 Å². The number of nitrogens with one attached hydrogen (secondary N) is 1. The molecule has 0 radical (unpaired) electrons. The lowest BCUT2D eigenvalue weighted by Crippen LogP contribution is -2.42. The van der Waals surface area contributed by atoms with Gasteiger partial charge in [-0.1, -0.05) is 30.7 Å². The third-order valence-electron chi connectivity index (χ3n) is 4.40. The number of benzene rings is 1. The van der Waals surface area contributed by atoms with Crippen molar-refractivity contribution < 1.29 is 8.42 Å². The van der Waals surface area contributed by atoms with Crippen LogP contribution < -0.4 is 5.32 Å². The predicted molar refractivity (Wildman–Crippen MR) is 83.7 cm³/mol. The lowest BCUT2D eigenvalue weighted by molar-refractivity contribution is 0.448. The quantitative estimate of drug-likeness (QED) is 0.869. The van der Waals surface area contributed by atoms with E-state index in [1.165, 1.54) is 30.2 Å². The van der Waals surface area contributed by atoms with Crippen LogP contribution in [0.1, 0.15) is 50.3 Å². The van der Waals surface area contributed by atoms with E-state index >= 15 is 0 Å². The number of hydrogen-bond donors (Lipinski definition) is 1. The molecule has 1 aromatic carbocycles. The summed E-state index contributed by atoms with van der Waals surface area (Å²) in [6, 6.07) is 8.79. The number of hydrogen-bond acceptors (Lipinski definition) is 3. The Morgan fingerprint density at radius 3 is 2.65 bits per heavy atom. The van der Waals surface area contributed by atoms with Crippen molar-refractivity contribution in [1.29, 1.82) is 0 Å². The minimum atomic E-state index is -3.05. The van der Waals surface area contributed by atoms with Crippen LogP contribution in [0.4, 0.5) is 0 Å². The maximum Gasteiger partial charge on any atom is 0.153 e. The van der Waals surface area contributed by atoms with Gasteiger partial charge in [0.1, 0.15) is 0 Å². The third kappa shape index (κ3) is 3.41. The molecule has 112 valence electrons. The van der Waals surface area contributed by atoms with Crippen molar-refractivity contribution >= 4 is 9.84 Å². The lowest BCUT2D eigenvalue weighted by Gasteiger charge is -2.27. The first-order valence-corrected chi connectivity index (χ1v) is 9.21. The van der Waals surface area contributed by atoms with Gasteiger partial charge in [-0.3, -0.25) is 0 Å². The molecule has 1 aromatic rings. The first kappa shape index (κ1) is 15.5. The Kier molecular flexibility index (Phi) is 4.55. The Morgan fingerprint density at radius 1 is 1.25 bits per heavy atom. The van der Waals surface area contributed by atoms with E-state index in [2.05, 4.69) is 29.6 Å².